The number of aliphatic hydroxyl groups excluding tert-OH is 2. The summed E-state index contributed by atoms with van der Waals surface area (Å²) in [4.78, 5) is 234. The molecule has 2 aromatic rings. The van der Waals surface area contributed by atoms with Crippen molar-refractivity contribution in [2.45, 2.75) is 229 Å². The first kappa shape index (κ1) is 108. The molecule has 2 aromatic heterocycles. The van der Waals surface area contributed by atoms with E-state index in [1.165, 1.54) is 55.5 Å². The first-order chi connectivity index (χ1) is 58.2. The summed E-state index contributed by atoms with van der Waals surface area (Å²) in [7, 11) is 0. The van der Waals surface area contributed by atoms with Crippen molar-refractivity contribution in [2.24, 2.45) is 78.6 Å². The Bertz CT molecular complexity index is 3770. The molecule has 35 N–H and O–H groups in total. The van der Waals surface area contributed by atoms with Gasteiger partial charge in [-0.25, -0.2) is 14.8 Å². The quantitative estimate of drug-likeness (QED) is 0.0166. The molecule has 123 heavy (non-hydrogen) atoms. The lowest BCUT2D eigenvalue weighted by atomic mass is 9.98. The molecule has 49 heteroatoms. The van der Waals surface area contributed by atoms with Gasteiger partial charge in [-0.05, 0) is 139 Å². The Morgan fingerprint density at radius 2 is 0.756 bits per heavy atom. The van der Waals surface area contributed by atoms with Crippen LogP contribution in [0.2, 0.25) is 0 Å². The predicted octanol–water partition coefficient (Wildman–Crippen LogP) is -8.70. The van der Waals surface area contributed by atoms with Gasteiger partial charge in [0.2, 0.25) is 82.7 Å². The molecule has 2 heterocycles. The van der Waals surface area contributed by atoms with Gasteiger partial charge in [0.15, 0.2) is 17.9 Å². The maximum atomic E-state index is 14.7. The van der Waals surface area contributed by atoms with Gasteiger partial charge in [0.05, 0.1) is 38.5 Å². The number of amides is 14. The highest BCUT2D eigenvalue weighted by molar-refractivity contribution is 7.98. The standard InChI is InChI=1S/C74H131N29O18S2/c1-38(2)27-51(66(115)100-53(30-43-32-84-37-90-43)67(116)99-52(28-39(3)4)68(117)103-57(40(5)6)70(119)97-45(15-10-11-21-75)61(110)95-46(16-12-22-85-72(77)78)62(111)98-50(71(120)121)18-14-24-87-74(81)82)92-56(106)33-88-60(109)54(34-104)101-65(114)48(19-25-122-8)93-58(107)41(7)91-69(118)55(35-105)102-63(112)47(17-13-23-86-73(79)80)96-64(113)49(20-26-123-9)94-59(108)44(76)29-42-31-83-36-89-42/h31-32,36-41,44-55,57,104-105H,10-30,33-35,75-76H2,1-9H3,(H,83,89)(H,84,90)(H,88,109)(H,91,118)(H,92,106)(H,93,107)(H,94,108)(H,95,110)(H,96,113)(H,97,119)(H,98,111)(H,99,116)(H,100,115)(H,101,114)(H,102,112)(H,103,117)(H,120,121)(H4,77,78,85)(H4,79,80,86)(H4,81,82,87)/t41-,44-,45-,46-,47-,48-,49-,50-,51-,52-,53-,54-,55-,57-/m0/s1. The maximum Gasteiger partial charge on any atom is 0.326 e. The zero-order valence-corrected chi connectivity index (χ0v) is 72.9. The minimum Gasteiger partial charge on any atom is -0.480 e. The lowest BCUT2D eigenvalue weighted by molar-refractivity contribution is -0.142. The number of aliphatic hydroxyl groups is 2. The van der Waals surface area contributed by atoms with E-state index in [-0.39, 0.29) is 145 Å². The van der Waals surface area contributed by atoms with Gasteiger partial charge >= 0.3 is 5.97 Å². The lowest BCUT2D eigenvalue weighted by Gasteiger charge is -2.29. The van der Waals surface area contributed by atoms with Gasteiger partial charge in [-0.1, -0.05) is 41.5 Å². The van der Waals surface area contributed by atoms with Crippen molar-refractivity contribution in [3.63, 3.8) is 0 Å². The number of nitrogens with one attached hydrogen (secondary N) is 16. The van der Waals surface area contributed by atoms with Gasteiger partial charge in [0, 0.05) is 56.3 Å². The summed E-state index contributed by atoms with van der Waals surface area (Å²) in [5.41, 5.74) is 45.6. The predicted molar refractivity (Wildman–Crippen MR) is 461 cm³/mol. The summed E-state index contributed by atoms with van der Waals surface area (Å²) in [6.07, 6.45) is 9.72. The number of H-pyrrole nitrogens is 2. The van der Waals surface area contributed by atoms with E-state index in [4.69, 9.17) is 45.9 Å². The molecule has 14 atom stereocenters. The minimum atomic E-state index is -1.75. The summed E-state index contributed by atoms with van der Waals surface area (Å²) in [5.74, 6) is -15.4. The Balaban J connectivity index is 2.32. The zero-order chi connectivity index (χ0) is 92.4. The second-order valence-corrected chi connectivity index (χ2v) is 32.2. The summed E-state index contributed by atoms with van der Waals surface area (Å²) >= 11 is 2.66. The Kier molecular flexibility index (Phi) is 51.5. The van der Waals surface area contributed by atoms with Crippen LogP contribution in [-0.2, 0) is 84.8 Å². The number of aliphatic carboxylic acids is 1. The van der Waals surface area contributed by atoms with Crippen LogP contribution in [0, 0.1) is 17.8 Å². The number of nitrogens with two attached hydrogens (primary N) is 8. The van der Waals surface area contributed by atoms with Gasteiger partial charge in [0.25, 0.3) is 0 Å². The molecule has 0 aliphatic heterocycles. The molecule has 0 spiro atoms. The third-order valence-corrected chi connectivity index (χ3v) is 19.8. The number of hydrogen-bond acceptors (Lipinski definition) is 26. The minimum absolute atomic E-state index is 0.00985. The van der Waals surface area contributed by atoms with Crippen molar-refractivity contribution in [1.29, 1.82) is 0 Å². The normalized spacial score (nSPS) is 14.6. The van der Waals surface area contributed by atoms with Crippen LogP contribution >= 0.6 is 23.5 Å². The lowest BCUT2D eigenvalue weighted by Crippen LogP contribution is -2.61. The third kappa shape index (κ3) is 43.4. The van der Waals surface area contributed by atoms with Gasteiger partial charge in [-0.3, -0.25) is 82.1 Å². The highest BCUT2D eigenvalue weighted by atomic mass is 32.2. The molecule has 692 valence electrons. The van der Waals surface area contributed by atoms with Crippen LogP contribution in [-0.4, -0.2) is 296 Å². The topological polar surface area (TPSA) is 788 Å². The number of aliphatic imine (C=N–C) groups is 3. The number of hydrogen-bond donors (Lipinski definition) is 27. The molecule has 0 saturated carbocycles. The van der Waals surface area contributed by atoms with E-state index in [9.17, 15) is 87.2 Å². The van der Waals surface area contributed by atoms with E-state index in [0.717, 1.165) is 0 Å². The van der Waals surface area contributed by atoms with Crippen LogP contribution < -0.4 is 120 Å². The van der Waals surface area contributed by atoms with E-state index < -0.39 is 199 Å². The number of carboxylic acid groups (broad SMARTS) is 1. The monoisotopic (exact) mass is 1780 g/mol. The number of aromatic nitrogens is 4. The number of carbonyl (C=O) groups excluding carboxylic acids is 14. The average Bonchev–Trinajstić information content (AvgIpc) is 1.84. The number of carbonyl (C=O) groups is 15. The van der Waals surface area contributed by atoms with Crippen LogP contribution in [0.15, 0.2) is 40.0 Å². The second-order valence-electron chi connectivity index (χ2n) is 30.2. The van der Waals surface area contributed by atoms with Crippen molar-refractivity contribution in [2.75, 3.05) is 70.0 Å². The Labute approximate surface area is 722 Å². The average molecular weight is 1780 g/mol. The van der Waals surface area contributed by atoms with E-state index >= 15 is 0 Å². The Hall–Kier alpha value is -11.2. The van der Waals surface area contributed by atoms with E-state index in [1.807, 2.05) is 0 Å². The van der Waals surface area contributed by atoms with Gasteiger partial charge in [-0.2, -0.15) is 23.5 Å². The third-order valence-electron chi connectivity index (χ3n) is 18.5. The zero-order valence-electron chi connectivity index (χ0n) is 71.2. The number of nitrogens with zero attached hydrogens (tertiary/aromatic N) is 5. The van der Waals surface area contributed by atoms with Crippen LogP contribution in [0.3, 0.4) is 0 Å². The molecule has 0 radical (unpaired) electrons. The molecule has 0 fully saturated rings. The summed E-state index contributed by atoms with van der Waals surface area (Å²) in [6.45, 7) is 8.87. The van der Waals surface area contributed by atoms with Crippen LogP contribution in [0.4, 0.5) is 0 Å². The molecular weight excluding hydrogens is 1650 g/mol. The van der Waals surface area contributed by atoms with Crippen molar-refractivity contribution >= 4 is 130 Å². The van der Waals surface area contributed by atoms with Crippen LogP contribution in [0.1, 0.15) is 143 Å². The molecular formula is C74H131N29O18S2. The highest BCUT2D eigenvalue weighted by Gasteiger charge is 2.38. The van der Waals surface area contributed by atoms with Crippen molar-refractivity contribution < 1.29 is 87.2 Å². The molecule has 0 saturated heterocycles. The van der Waals surface area contributed by atoms with E-state index in [1.54, 1.807) is 54.1 Å². The fourth-order valence-electron chi connectivity index (χ4n) is 11.9. The Morgan fingerprint density at radius 1 is 0.407 bits per heavy atom. The summed E-state index contributed by atoms with van der Waals surface area (Å²) < 4.78 is 0. The number of unbranched alkanes of at least 4 members (excludes halogenated alkanes) is 1. The number of guanidine groups is 3. The number of imidazole rings is 2. The highest BCUT2D eigenvalue weighted by Crippen LogP contribution is 2.15. The number of rotatable bonds is 62. The number of thioether (sulfide) groups is 2. The van der Waals surface area contributed by atoms with E-state index in [0.29, 0.717) is 30.0 Å². The first-order valence-electron chi connectivity index (χ1n) is 40.4. The fraction of sp³-hybridized carbons (Fsp3) is 0.676. The van der Waals surface area contributed by atoms with Gasteiger partial charge in [0.1, 0.15) is 78.5 Å². The van der Waals surface area contributed by atoms with Crippen molar-refractivity contribution in [1.82, 2.24) is 94.4 Å². The van der Waals surface area contributed by atoms with Crippen molar-refractivity contribution in [3.8, 4) is 0 Å². The molecule has 0 aliphatic carbocycles. The SMILES string of the molecule is CSCC[C@H](NC(=O)[C@H](C)NC(=O)[C@H](CO)NC(=O)[C@H](CCCN=C(N)N)NC(=O)[C@H](CCSC)NC(=O)[C@@H](N)Cc1cnc[nH]1)C(=O)N[C@@H](CO)C(=O)NCC(=O)N[C@@H](CC(C)C)C(=O)N[C@@H](Cc1cnc[nH]1)C(=O)N[C@@H](CC(C)C)C(=O)N[C@H](C(=O)N[C@@H](CCCCN)C(=O)N[C@@H](CCCN=C(N)N)C(=O)N[C@@H](CCCN=C(N)N)C(=O)O)C(C)C. The first-order valence-corrected chi connectivity index (χ1v) is 43.2. The maximum absolute atomic E-state index is 14.7. The van der Waals surface area contributed by atoms with E-state index in [2.05, 4.69) is 109 Å². The second kappa shape index (κ2) is 58.8. The smallest absolute Gasteiger partial charge is 0.326 e. The molecule has 47 nitrogen and oxygen atoms in total. The van der Waals surface area contributed by atoms with Crippen LogP contribution in [0.5, 0.6) is 0 Å². The molecule has 0 aromatic carbocycles. The Morgan fingerprint density at radius 3 is 1.17 bits per heavy atom. The molecule has 0 bridgehead atoms. The number of carboxylic acids is 1. The molecule has 0 unspecified atom stereocenters. The molecule has 2 rings (SSSR count). The summed E-state index contributed by atoms with van der Waals surface area (Å²) in [5, 5.41) is 66.3. The van der Waals surface area contributed by atoms with Crippen LogP contribution in [0.25, 0.3) is 0 Å². The molecule has 14 amide bonds. The fourth-order valence-corrected chi connectivity index (χ4v) is 12.8. The largest absolute Gasteiger partial charge is 0.480 e. The summed E-state index contributed by atoms with van der Waals surface area (Å²) in [6, 6.07) is -19.8. The molecule has 0 aliphatic rings. The number of aromatic amines is 2. The van der Waals surface area contributed by atoms with Gasteiger partial charge < -0.3 is 146 Å². The van der Waals surface area contributed by atoms with Gasteiger partial charge in [-0.15, -0.1) is 0 Å². The van der Waals surface area contributed by atoms with Crippen molar-refractivity contribution in [3.05, 3.63) is 36.4 Å².